The lowest BCUT2D eigenvalue weighted by molar-refractivity contribution is 0.416. The third-order valence-electron chi connectivity index (χ3n) is 2.32. The lowest BCUT2D eigenvalue weighted by atomic mass is 10.1. The summed E-state index contributed by atoms with van der Waals surface area (Å²) in [6.45, 7) is 0. The van der Waals surface area contributed by atoms with Crippen LogP contribution in [0.1, 0.15) is 15.8 Å². The Balaban J connectivity index is 2.33. The molecule has 5 heteroatoms. The van der Waals surface area contributed by atoms with Crippen LogP contribution in [0.3, 0.4) is 0 Å². The molecule has 0 aliphatic heterocycles. The molecule has 0 saturated heterocycles. The maximum atomic E-state index is 13.5. The van der Waals surface area contributed by atoms with Crippen LogP contribution in [0.2, 0.25) is 0 Å². The summed E-state index contributed by atoms with van der Waals surface area (Å²) in [5.74, 6) is -0.575. The van der Waals surface area contributed by atoms with Gasteiger partial charge in [0.05, 0.1) is 12.5 Å². The Bertz CT molecular complexity index is 527. The summed E-state index contributed by atoms with van der Waals surface area (Å²) in [4.78, 5) is 0.758. The van der Waals surface area contributed by atoms with Crippen LogP contribution in [-0.4, -0.2) is 7.11 Å². The quantitative estimate of drug-likeness (QED) is 0.756. The van der Waals surface area contributed by atoms with Crippen LogP contribution in [0.4, 0.5) is 8.78 Å². The Labute approximate surface area is 107 Å². The standard InChI is InChI=1S/C12H9ClF2OS/c1-16-8-5-11(17-6-8)12(13)9-3-2-7(14)4-10(9)15/h2-6,12H,1H3. The molecule has 1 heterocycles. The second-order valence-corrected chi connectivity index (χ2v) is 4.80. The zero-order valence-electron chi connectivity index (χ0n) is 8.91. The minimum Gasteiger partial charge on any atom is -0.496 e. The predicted octanol–water partition coefficient (Wildman–Crippen LogP) is 4.36. The molecule has 1 unspecified atom stereocenters. The first-order valence-electron chi connectivity index (χ1n) is 4.83. The van der Waals surface area contributed by atoms with Gasteiger partial charge in [-0.2, -0.15) is 0 Å². The van der Waals surface area contributed by atoms with Crippen molar-refractivity contribution in [2.75, 3.05) is 7.11 Å². The fourth-order valence-corrected chi connectivity index (χ4v) is 2.68. The molecule has 17 heavy (non-hydrogen) atoms. The van der Waals surface area contributed by atoms with Crippen molar-refractivity contribution in [1.82, 2.24) is 0 Å². The fourth-order valence-electron chi connectivity index (χ4n) is 1.43. The van der Waals surface area contributed by atoms with Crippen LogP contribution in [0.15, 0.2) is 29.6 Å². The van der Waals surface area contributed by atoms with Crippen LogP contribution >= 0.6 is 22.9 Å². The van der Waals surface area contributed by atoms with E-state index in [-0.39, 0.29) is 5.56 Å². The van der Waals surface area contributed by atoms with E-state index in [2.05, 4.69) is 0 Å². The Kier molecular flexibility index (Phi) is 3.64. The molecule has 0 amide bonds. The average Bonchev–Trinajstić information content (AvgIpc) is 2.76. The largest absolute Gasteiger partial charge is 0.496 e. The van der Waals surface area contributed by atoms with Gasteiger partial charge in [0, 0.05) is 21.9 Å². The predicted molar refractivity (Wildman–Crippen MR) is 64.9 cm³/mol. The van der Waals surface area contributed by atoms with Crippen LogP contribution in [0, 0.1) is 11.6 Å². The molecule has 0 fully saturated rings. The molecular weight excluding hydrogens is 266 g/mol. The summed E-state index contributed by atoms with van der Waals surface area (Å²) in [6, 6.07) is 5.12. The highest BCUT2D eigenvalue weighted by Crippen LogP contribution is 2.36. The maximum absolute atomic E-state index is 13.5. The normalized spacial score (nSPS) is 12.5. The number of halogens is 3. The number of alkyl halides is 1. The van der Waals surface area contributed by atoms with Gasteiger partial charge in [-0.25, -0.2) is 8.78 Å². The van der Waals surface area contributed by atoms with Gasteiger partial charge in [0.15, 0.2) is 0 Å². The number of methoxy groups -OCH3 is 1. The summed E-state index contributed by atoms with van der Waals surface area (Å²) in [5, 5.41) is 1.15. The van der Waals surface area contributed by atoms with Crippen molar-refractivity contribution < 1.29 is 13.5 Å². The van der Waals surface area contributed by atoms with Crippen molar-refractivity contribution in [2.24, 2.45) is 0 Å². The molecule has 0 aliphatic rings. The summed E-state index contributed by atoms with van der Waals surface area (Å²) in [7, 11) is 1.55. The monoisotopic (exact) mass is 274 g/mol. The molecule has 1 aromatic heterocycles. The highest BCUT2D eigenvalue weighted by molar-refractivity contribution is 7.10. The fraction of sp³-hybridized carbons (Fsp3) is 0.167. The lowest BCUT2D eigenvalue weighted by Gasteiger charge is -2.08. The van der Waals surface area contributed by atoms with E-state index in [1.54, 1.807) is 18.6 Å². The van der Waals surface area contributed by atoms with Gasteiger partial charge >= 0.3 is 0 Å². The zero-order valence-corrected chi connectivity index (χ0v) is 10.5. The third kappa shape index (κ3) is 2.58. The van der Waals surface area contributed by atoms with Crippen LogP contribution in [-0.2, 0) is 0 Å². The van der Waals surface area contributed by atoms with Crippen LogP contribution in [0.25, 0.3) is 0 Å². The lowest BCUT2D eigenvalue weighted by Crippen LogP contribution is -1.95. The maximum Gasteiger partial charge on any atom is 0.131 e. The zero-order chi connectivity index (χ0) is 12.4. The third-order valence-corrected chi connectivity index (χ3v) is 3.89. The van der Waals surface area contributed by atoms with Crippen molar-refractivity contribution >= 4 is 22.9 Å². The summed E-state index contributed by atoms with van der Waals surface area (Å²) in [5.41, 5.74) is 0.262. The topological polar surface area (TPSA) is 9.23 Å². The van der Waals surface area contributed by atoms with Gasteiger partial charge in [-0.15, -0.1) is 22.9 Å². The summed E-state index contributed by atoms with van der Waals surface area (Å²) >= 11 is 7.52. The van der Waals surface area contributed by atoms with E-state index in [9.17, 15) is 8.78 Å². The van der Waals surface area contributed by atoms with E-state index in [0.29, 0.717) is 5.75 Å². The minimum absolute atomic E-state index is 0.262. The Morgan fingerprint density at radius 3 is 2.65 bits per heavy atom. The second kappa shape index (κ2) is 5.02. The Morgan fingerprint density at radius 1 is 1.29 bits per heavy atom. The molecule has 90 valence electrons. The van der Waals surface area contributed by atoms with Gasteiger partial charge in [-0.1, -0.05) is 6.07 Å². The first-order chi connectivity index (χ1) is 8.11. The Morgan fingerprint density at radius 2 is 2.06 bits per heavy atom. The summed E-state index contributed by atoms with van der Waals surface area (Å²) < 4.78 is 31.3. The van der Waals surface area contributed by atoms with Gasteiger partial charge in [-0.05, 0) is 12.1 Å². The van der Waals surface area contributed by atoms with Gasteiger partial charge in [0.1, 0.15) is 17.4 Å². The number of hydrogen-bond acceptors (Lipinski definition) is 2. The SMILES string of the molecule is COc1csc(C(Cl)c2ccc(F)cc2F)c1. The molecule has 1 aromatic carbocycles. The minimum atomic E-state index is -0.641. The number of hydrogen-bond donors (Lipinski definition) is 0. The van der Waals surface area contributed by atoms with Crippen molar-refractivity contribution in [3.63, 3.8) is 0 Å². The van der Waals surface area contributed by atoms with Gasteiger partial charge < -0.3 is 4.74 Å². The van der Waals surface area contributed by atoms with E-state index >= 15 is 0 Å². The van der Waals surface area contributed by atoms with Crippen molar-refractivity contribution in [3.8, 4) is 5.75 Å². The van der Waals surface area contributed by atoms with Crippen molar-refractivity contribution in [2.45, 2.75) is 5.38 Å². The van der Waals surface area contributed by atoms with Crippen LogP contribution in [0.5, 0.6) is 5.75 Å². The average molecular weight is 275 g/mol. The Hall–Kier alpha value is -1.13. The molecule has 1 nitrogen and oxygen atoms in total. The summed E-state index contributed by atoms with van der Waals surface area (Å²) in [6.07, 6.45) is 0. The first kappa shape index (κ1) is 12.3. The molecule has 0 aliphatic carbocycles. The molecule has 0 spiro atoms. The smallest absolute Gasteiger partial charge is 0.131 e. The number of ether oxygens (including phenoxy) is 1. The van der Waals surface area contributed by atoms with E-state index < -0.39 is 17.0 Å². The molecule has 0 radical (unpaired) electrons. The van der Waals surface area contributed by atoms with E-state index in [0.717, 1.165) is 10.9 Å². The van der Waals surface area contributed by atoms with Crippen molar-refractivity contribution in [1.29, 1.82) is 0 Å². The number of thiophene rings is 1. The molecule has 0 N–H and O–H groups in total. The number of benzene rings is 1. The highest BCUT2D eigenvalue weighted by atomic mass is 35.5. The van der Waals surface area contributed by atoms with E-state index in [1.165, 1.54) is 23.5 Å². The van der Waals surface area contributed by atoms with E-state index in [4.69, 9.17) is 16.3 Å². The van der Waals surface area contributed by atoms with Gasteiger partial charge in [0.25, 0.3) is 0 Å². The molecule has 0 bridgehead atoms. The van der Waals surface area contributed by atoms with Gasteiger partial charge in [0.2, 0.25) is 0 Å². The molecule has 0 saturated carbocycles. The molecule has 2 aromatic rings. The molecular formula is C12H9ClF2OS. The van der Waals surface area contributed by atoms with Crippen LogP contribution < -0.4 is 4.74 Å². The van der Waals surface area contributed by atoms with E-state index in [1.807, 2.05) is 0 Å². The van der Waals surface area contributed by atoms with Crippen molar-refractivity contribution in [3.05, 3.63) is 51.7 Å². The molecule has 2 rings (SSSR count). The highest BCUT2D eigenvalue weighted by Gasteiger charge is 2.17. The van der Waals surface area contributed by atoms with Gasteiger partial charge in [-0.3, -0.25) is 0 Å². The number of rotatable bonds is 3. The molecule has 1 atom stereocenters. The first-order valence-corrected chi connectivity index (χ1v) is 6.15. The second-order valence-electron chi connectivity index (χ2n) is 3.42.